The lowest BCUT2D eigenvalue weighted by molar-refractivity contribution is -0.143. The normalized spacial score (nSPS) is 12.9. The Balaban J connectivity index is 2.52. The summed E-state index contributed by atoms with van der Waals surface area (Å²) >= 11 is 1.41. The zero-order chi connectivity index (χ0) is 13.1. The molecule has 0 aliphatic heterocycles. The molecule has 0 aliphatic rings. The quantitative estimate of drug-likeness (QED) is 0.649. The SMILES string of the molecule is CC(C)(C)OC(=O)OC(=O)C(N)c1ccsc1. The van der Waals surface area contributed by atoms with Crippen molar-refractivity contribution in [2.24, 2.45) is 5.73 Å². The Labute approximate surface area is 104 Å². The Morgan fingerprint density at radius 1 is 1.41 bits per heavy atom. The Hall–Kier alpha value is -1.40. The largest absolute Gasteiger partial charge is 0.516 e. The van der Waals surface area contributed by atoms with Crippen molar-refractivity contribution in [3.05, 3.63) is 22.4 Å². The molecule has 0 aromatic carbocycles. The number of nitrogens with two attached hydrogens (primary N) is 1. The van der Waals surface area contributed by atoms with E-state index >= 15 is 0 Å². The van der Waals surface area contributed by atoms with Gasteiger partial charge in [-0.2, -0.15) is 11.3 Å². The molecule has 1 heterocycles. The topological polar surface area (TPSA) is 78.6 Å². The van der Waals surface area contributed by atoms with Gasteiger partial charge in [0.15, 0.2) is 0 Å². The van der Waals surface area contributed by atoms with Gasteiger partial charge in [-0.15, -0.1) is 0 Å². The van der Waals surface area contributed by atoms with Crippen LogP contribution in [-0.2, 0) is 14.3 Å². The summed E-state index contributed by atoms with van der Waals surface area (Å²) in [5.41, 5.74) is 5.53. The Kier molecular flexibility index (Phi) is 4.25. The van der Waals surface area contributed by atoms with Gasteiger partial charge in [-0.05, 0) is 43.2 Å². The van der Waals surface area contributed by atoms with E-state index in [0.717, 1.165) is 0 Å². The average molecular weight is 257 g/mol. The monoisotopic (exact) mass is 257 g/mol. The van der Waals surface area contributed by atoms with E-state index in [0.29, 0.717) is 5.56 Å². The summed E-state index contributed by atoms with van der Waals surface area (Å²) in [7, 11) is 0. The number of hydrogen-bond donors (Lipinski definition) is 1. The number of ether oxygens (including phenoxy) is 2. The molecule has 0 saturated heterocycles. The second-order valence-corrected chi connectivity index (χ2v) is 5.20. The fourth-order valence-electron chi connectivity index (χ4n) is 1.00. The van der Waals surface area contributed by atoms with Gasteiger partial charge in [0.25, 0.3) is 0 Å². The van der Waals surface area contributed by atoms with Gasteiger partial charge in [0, 0.05) is 0 Å². The summed E-state index contributed by atoms with van der Waals surface area (Å²) in [6, 6.07) is 0.736. The number of esters is 1. The van der Waals surface area contributed by atoms with Crippen molar-refractivity contribution in [2.45, 2.75) is 32.4 Å². The van der Waals surface area contributed by atoms with Crippen LogP contribution < -0.4 is 5.73 Å². The molecule has 6 heteroatoms. The zero-order valence-corrected chi connectivity index (χ0v) is 10.7. The first-order chi connectivity index (χ1) is 7.79. The molecule has 1 unspecified atom stereocenters. The minimum atomic E-state index is -1.03. The molecule has 1 rings (SSSR count). The maximum atomic E-state index is 11.5. The lowest BCUT2D eigenvalue weighted by Crippen LogP contribution is -2.30. The third-order valence-electron chi connectivity index (χ3n) is 1.73. The van der Waals surface area contributed by atoms with Crippen molar-refractivity contribution < 1.29 is 19.1 Å². The summed E-state index contributed by atoms with van der Waals surface area (Å²) in [5.74, 6) is -0.822. The highest BCUT2D eigenvalue weighted by Crippen LogP contribution is 2.16. The highest BCUT2D eigenvalue weighted by atomic mass is 32.1. The van der Waals surface area contributed by atoms with E-state index in [4.69, 9.17) is 10.5 Å². The molecule has 0 spiro atoms. The van der Waals surface area contributed by atoms with E-state index in [1.165, 1.54) is 11.3 Å². The molecule has 0 radical (unpaired) electrons. The van der Waals surface area contributed by atoms with Crippen LogP contribution in [0, 0.1) is 0 Å². The van der Waals surface area contributed by atoms with Gasteiger partial charge < -0.3 is 15.2 Å². The average Bonchev–Trinajstić information content (AvgIpc) is 2.65. The van der Waals surface area contributed by atoms with Crippen LogP contribution in [0.3, 0.4) is 0 Å². The zero-order valence-electron chi connectivity index (χ0n) is 9.93. The predicted octanol–water partition coefficient (Wildman–Crippen LogP) is 2.23. The Bertz CT molecular complexity index is 394. The number of hydrogen-bond acceptors (Lipinski definition) is 6. The second kappa shape index (κ2) is 5.29. The van der Waals surface area contributed by atoms with Crippen LogP contribution in [0.15, 0.2) is 16.8 Å². The molecule has 1 aromatic rings. The van der Waals surface area contributed by atoms with Crippen molar-refractivity contribution in [1.82, 2.24) is 0 Å². The third kappa shape index (κ3) is 4.54. The van der Waals surface area contributed by atoms with Gasteiger partial charge in [-0.25, -0.2) is 9.59 Å². The first kappa shape index (κ1) is 13.7. The van der Waals surface area contributed by atoms with E-state index in [1.807, 2.05) is 0 Å². The number of carbonyl (C=O) groups excluding carboxylic acids is 2. The molecule has 1 atom stereocenters. The highest BCUT2D eigenvalue weighted by Gasteiger charge is 2.24. The molecule has 5 nitrogen and oxygen atoms in total. The second-order valence-electron chi connectivity index (χ2n) is 4.42. The van der Waals surface area contributed by atoms with Crippen molar-refractivity contribution in [1.29, 1.82) is 0 Å². The fraction of sp³-hybridized carbons (Fsp3) is 0.455. The van der Waals surface area contributed by atoms with E-state index in [1.54, 1.807) is 37.6 Å². The van der Waals surface area contributed by atoms with Crippen LogP contribution in [0.1, 0.15) is 32.4 Å². The Morgan fingerprint density at radius 2 is 2.06 bits per heavy atom. The van der Waals surface area contributed by atoms with Crippen molar-refractivity contribution >= 4 is 23.5 Å². The third-order valence-corrected chi connectivity index (χ3v) is 2.43. The molecule has 0 saturated carbocycles. The molecule has 0 amide bonds. The number of thiophene rings is 1. The van der Waals surface area contributed by atoms with Crippen molar-refractivity contribution in [3.63, 3.8) is 0 Å². The molecule has 0 aliphatic carbocycles. The van der Waals surface area contributed by atoms with Gasteiger partial charge in [-0.3, -0.25) is 0 Å². The summed E-state index contributed by atoms with van der Waals surface area (Å²) in [5, 5.41) is 3.51. The molecule has 0 bridgehead atoms. The van der Waals surface area contributed by atoms with Crippen LogP contribution in [0.5, 0.6) is 0 Å². The molecular formula is C11H15NO4S. The maximum absolute atomic E-state index is 11.5. The maximum Gasteiger partial charge on any atom is 0.516 e. The van der Waals surface area contributed by atoms with Gasteiger partial charge in [0.2, 0.25) is 0 Å². The number of carbonyl (C=O) groups is 2. The van der Waals surface area contributed by atoms with E-state index < -0.39 is 23.8 Å². The fourth-order valence-corrected chi connectivity index (χ4v) is 1.70. The molecule has 2 N–H and O–H groups in total. The standard InChI is InChI=1S/C11H15NO4S/c1-11(2,3)16-10(14)15-9(13)8(12)7-4-5-17-6-7/h4-6,8H,12H2,1-3H3. The lowest BCUT2D eigenvalue weighted by Gasteiger charge is -2.18. The summed E-state index contributed by atoms with van der Waals surface area (Å²) in [6.07, 6.45) is -1.03. The van der Waals surface area contributed by atoms with Crippen LogP contribution in [-0.4, -0.2) is 17.7 Å². The van der Waals surface area contributed by atoms with Crippen LogP contribution in [0.2, 0.25) is 0 Å². The van der Waals surface area contributed by atoms with Crippen LogP contribution in [0.4, 0.5) is 4.79 Å². The molecule has 17 heavy (non-hydrogen) atoms. The predicted molar refractivity (Wildman–Crippen MR) is 63.6 cm³/mol. The molecular weight excluding hydrogens is 242 g/mol. The smallest absolute Gasteiger partial charge is 0.428 e. The van der Waals surface area contributed by atoms with Gasteiger partial charge in [-0.1, -0.05) is 0 Å². The summed E-state index contributed by atoms with van der Waals surface area (Å²) in [4.78, 5) is 22.7. The molecule has 0 fully saturated rings. The lowest BCUT2D eigenvalue weighted by atomic mass is 10.2. The summed E-state index contributed by atoms with van der Waals surface area (Å²) in [6.45, 7) is 5.03. The first-order valence-electron chi connectivity index (χ1n) is 5.02. The first-order valence-corrected chi connectivity index (χ1v) is 5.96. The van der Waals surface area contributed by atoms with Crippen molar-refractivity contribution in [2.75, 3.05) is 0 Å². The summed E-state index contributed by atoms with van der Waals surface area (Å²) < 4.78 is 9.33. The van der Waals surface area contributed by atoms with Crippen LogP contribution in [0.25, 0.3) is 0 Å². The van der Waals surface area contributed by atoms with E-state index in [2.05, 4.69) is 4.74 Å². The number of rotatable bonds is 2. The van der Waals surface area contributed by atoms with Gasteiger partial charge >= 0.3 is 12.1 Å². The van der Waals surface area contributed by atoms with Crippen LogP contribution >= 0.6 is 11.3 Å². The molecule has 94 valence electrons. The van der Waals surface area contributed by atoms with E-state index in [-0.39, 0.29) is 0 Å². The highest BCUT2D eigenvalue weighted by molar-refractivity contribution is 7.08. The van der Waals surface area contributed by atoms with Gasteiger partial charge in [0.05, 0.1) is 0 Å². The minimum Gasteiger partial charge on any atom is -0.428 e. The van der Waals surface area contributed by atoms with E-state index in [9.17, 15) is 9.59 Å². The minimum absolute atomic E-state index is 0.614. The Morgan fingerprint density at radius 3 is 2.53 bits per heavy atom. The van der Waals surface area contributed by atoms with Gasteiger partial charge in [0.1, 0.15) is 11.6 Å². The molecule has 1 aromatic heterocycles. The van der Waals surface area contributed by atoms with Crippen molar-refractivity contribution in [3.8, 4) is 0 Å².